The van der Waals surface area contributed by atoms with Crippen molar-refractivity contribution in [3.63, 3.8) is 0 Å². The second-order valence-corrected chi connectivity index (χ2v) is 9.01. The molecule has 0 amide bonds. The van der Waals surface area contributed by atoms with Crippen LogP contribution in [0.3, 0.4) is 0 Å². The lowest BCUT2D eigenvalue weighted by Crippen LogP contribution is -2.59. The molecule has 2 N–H and O–H groups in total. The molecule has 0 aliphatic carbocycles. The fourth-order valence-electron chi connectivity index (χ4n) is 4.71. The minimum atomic E-state index is -1.12. The molecule has 35 heavy (non-hydrogen) atoms. The normalized spacial score (nSPS) is 21.5. The third-order valence-corrected chi connectivity index (χ3v) is 6.79. The summed E-state index contributed by atoms with van der Waals surface area (Å²) in [4.78, 5) is 15.1. The number of aryl methyl sites for hydroxylation is 1. The maximum absolute atomic E-state index is 15.3. The van der Waals surface area contributed by atoms with Crippen molar-refractivity contribution in [3.8, 4) is 6.01 Å². The fraction of sp³-hybridized carbons (Fsp3) is 0.542. The van der Waals surface area contributed by atoms with Crippen molar-refractivity contribution in [3.05, 3.63) is 29.3 Å². The van der Waals surface area contributed by atoms with Crippen LogP contribution >= 0.6 is 0 Å². The Morgan fingerprint density at radius 3 is 2.57 bits per heavy atom. The van der Waals surface area contributed by atoms with Gasteiger partial charge in [0, 0.05) is 56.3 Å². The molecule has 1 aromatic heterocycles. The summed E-state index contributed by atoms with van der Waals surface area (Å²) < 4.78 is 31.4. The van der Waals surface area contributed by atoms with E-state index in [1.165, 1.54) is 13.3 Å². The summed E-state index contributed by atoms with van der Waals surface area (Å²) in [5.41, 5.74) is 3.10. The van der Waals surface area contributed by atoms with Crippen molar-refractivity contribution in [1.82, 2.24) is 14.9 Å². The lowest BCUT2D eigenvalue weighted by atomic mass is 10.0. The molecule has 4 heterocycles. The van der Waals surface area contributed by atoms with Gasteiger partial charge in [-0.05, 0) is 24.6 Å². The summed E-state index contributed by atoms with van der Waals surface area (Å²) in [7, 11) is 1.53. The Hall–Kier alpha value is -3.02. The third kappa shape index (κ3) is 5.02. The minimum Gasteiger partial charge on any atom is -0.467 e. The Balaban J connectivity index is 1.41. The highest BCUT2D eigenvalue weighted by Crippen LogP contribution is 2.33. The van der Waals surface area contributed by atoms with Crippen molar-refractivity contribution in [2.24, 2.45) is 0 Å². The number of benzene rings is 1. The van der Waals surface area contributed by atoms with Gasteiger partial charge in [0.05, 0.1) is 45.3 Å². The second kappa shape index (κ2) is 10.3. The van der Waals surface area contributed by atoms with E-state index in [2.05, 4.69) is 25.1 Å². The van der Waals surface area contributed by atoms with E-state index in [1.54, 1.807) is 0 Å². The van der Waals surface area contributed by atoms with Crippen molar-refractivity contribution < 1.29 is 18.6 Å². The van der Waals surface area contributed by atoms with E-state index in [9.17, 15) is 0 Å². The average Bonchev–Trinajstić information content (AvgIpc) is 2.84. The van der Waals surface area contributed by atoms with Crippen LogP contribution in [0.4, 0.5) is 27.4 Å². The lowest BCUT2D eigenvalue weighted by molar-refractivity contribution is -0.0753. The number of anilines is 4. The molecular formula is C24H32FN7O3. The van der Waals surface area contributed by atoms with Gasteiger partial charge in [0.2, 0.25) is 0 Å². The summed E-state index contributed by atoms with van der Waals surface area (Å²) in [6, 6.07) is 6.25. The van der Waals surface area contributed by atoms with Gasteiger partial charge in [-0.2, -0.15) is 9.97 Å². The maximum Gasteiger partial charge on any atom is 0.320 e. The van der Waals surface area contributed by atoms with Crippen LogP contribution in [-0.2, 0) is 9.47 Å². The van der Waals surface area contributed by atoms with Gasteiger partial charge in [0.15, 0.2) is 6.30 Å². The third-order valence-electron chi connectivity index (χ3n) is 6.79. The number of halogens is 1. The average molecular weight is 486 g/mol. The molecule has 188 valence electrons. The lowest BCUT2D eigenvalue weighted by Gasteiger charge is -2.45. The first-order valence-corrected chi connectivity index (χ1v) is 12.0. The standard InChI is InChI=1S/C24H32FN7O3/c1-16-9-17(12-26)19(10-20(16)32-4-3-31(13-21(32)25)18-14-35-15-18)27-22-11-23(29-24(28-22)33-2)30-5-7-34-8-6-30/h9-12,18,21,26H,3-8,13-15H2,1-2H3,(H,27,28,29). The number of alkyl halides is 1. The highest BCUT2D eigenvalue weighted by molar-refractivity contribution is 5.89. The zero-order valence-electron chi connectivity index (χ0n) is 20.2. The zero-order chi connectivity index (χ0) is 24.4. The molecule has 1 atom stereocenters. The minimum absolute atomic E-state index is 0.250. The van der Waals surface area contributed by atoms with E-state index in [4.69, 9.17) is 19.6 Å². The molecule has 0 saturated carbocycles. The summed E-state index contributed by atoms with van der Waals surface area (Å²) >= 11 is 0. The molecule has 3 saturated heterocycles. The van der Waals surface area contributed by atoms with E-state index < -0.39 is 6.30 Å². The van der Waals surface area contributed by atoms with E-state index in [1.807, 2.05) is 30.0 Å². The topological polar surface area (TPSA) is 99.1 Å². The molecule has 3 aliphatic heterocycles. The number of nitrogens with one attached hydrogen (secondary N) is 2. The second-order valence-electron chi connectivity index (χ2n) is 9.01. The quantitative estimate of drug-likeness (QED) is 0.452. The van der Waals surface area contributed by atoms with Crippen LogP contribution < -0.4 is 19.9 Å². The summed E-state index contributed by atoms with van der Waals surface area (Å²) in [5.74, 6) is 1.29. The Labute approximate surface area is 204 Å². The monoisotopic (exact) mass is 485 g/mol. The molecule has 3 fully saturated rings. The molecule has 3 aliphatic rings. The molecule has 5 rings (SSSR count). The number of aromatic nitrogens is 2. The van der Waals surface area contributed by atoms with Gasteiger partial charge in [-0.15, -0.1) is 0 Å². The number of methoxy groups -OCH3 is 1. The van der Waals surface area contributed by atoms with Gasteiger partial charge in [-0.25, -0.2) is 4.39 Å². The Bertz CT molecular complexity index is 1060. The first kappa shape index (κ1) is 23.7. The number of piperazine rings is 1. The number of rotatable bonds is 7. The number of hydrogen-bond donors (Lipinski definition) is 2. The number of hydrogen-bond acceptors (Lipinski definition) is 10. The van der Waals surface area contributed by atoms with Gasteiger partial charge < -0.3 is 34.7 Å². The zero-order valence-corrected chi connectivity index (χ0v) is 20.2. The van der Waals surface area contributed by atoms with Crippen LogP contribution in [0, 0.1) is 12.3 Å². The van der Waals surface area contributed by atoms with E-state index in [0.29, 0.717) is 62.6 Å². The molecule has 1 unspecified atom stereocenters. The highest BCUT2D eigenvalue weighted by atomic mass is 19.1. The van der Waals surface area contributed by atoms with Crippen LogP contribution in [0.5, 0.6) is 6.01 Å². The predicted molar refractivity (Wildman–Crippen MR) is 132 cm³/mol. The van der Waals surface area contributed by atoms with Gasteiger partial charge in [0.25, 0.3) is 0 Å². The SMILES string of the molecule is COc1nc(Nc2cc(N3CCN(C4COC4)CC3F)c(C)cc2C=N)cc(N2CCOCC2)n1. The Kier molecular flexibility index (Phi) is 6.98. The van der Waals surface area contributed by atoms with Gasteiger partial charge in [0.1, 0.15) is 11.6 Å². The Morgan fingerprint density at radius 2 is 1.91 bits per heavy atom. The van der Waals surface area contributed by atoms with Crippen LogP contribution in [0.1, 0.15) is 11.1 Å². The fourth-order valence-corrected chi connectivity index (χ4v) is 4.71. The first-order valence-electron chi connectivity index (χ1n) is 12.0. The number of nitrogens with zero attached hydrogens (tertiary/aromatic N) is 5. The smallest absolute Gasteiger partial charge is 0.320 e. The molecule has 2 aromatic rings. The largest absolute Gasteiger partial charge is 0.467 e. The van der Waals surface area contributed by atoms with Crippen molar-refractivity contribution in [2.75, 3.05) is 81.4 Å². The predicted octanol–water partition coefficient (Wildman–Crippen LogP) is 2.19. The van der Waals surface area contributed by atoms with Gasteiger partial charge >= 0.3 is 6.01 Å². The van der Waals surface area contributed by atoms with E-state index >= 15 is 4.39 Å². The van der Waals surface area contributed by atoms with Crippen LogP contribution in [0.2, 0.25) is 0 Å². The van der Waals surface area contributed by atoms with E-state index in [0.717, 1.165) is 36.7 Å². The van der Waals surface area contributed by atoms with E-state index in [-0.39, 0.29) is 6.01 Å². The maximum atomic E-state index is 15.3. The Morgan fingerprint density at radius 1 is 1.11 bits per heavy atom. The molecule has 0 radical (unpaired) electrons. The highest BCUT2D eigenvalue weighted by Gasteiger charge is 2.34. The van der Waals surface area contributed by atoms with Crippen LogP contribution in [0.15, 0.2) is 18.2 Å². The summed E-state index contributed by atoms with van der Waals surface area (Å²) in [6.07, 6.45) is 0.177. The van der Waals surface area contributed by atoms with Crippen molar-refractivity contribution in [2.45, 2.75) is 19.3 Å². The number of ether oxygens (including phenoxy) is 3. The number of morpholine rings is 1. The van der Waals surface area contributed by atoms with Crippen LogP contribution in [-0.4, -0.2) is 99.7 Å². The molecular weight excluding hydrogens is 453 g/mol. The molecule has 1 aromatic carbocycles. The van der Waals surface area contributed by atoms with Gasteiger partial charge in [-0.1, -0.05) is 0 Å². The summed E-state index contributed by atoms with van der Waals surface area (Å²) in [5, 5.41) is 11.3. The van der Waals surface area contributed by atoms with Crippen molar-refractivity contribution >= 4 is 29.2 Å². The molecule has 11 heteroatoms. The molecule has 0 spiro atoms. The van der Waals surface area contributed by atoms with Crippen LogP contribution in [0.25, 0.3) is 0 Å². The molecule has 0 bridgehead atoms. The van der Waals surface area contributed by atoms with Gasteiger partial charge in [-0.3, -0.25) is 4.90 Å². The first-order chi connectivity index (χ1) is 17.1. The molecule has 10 nitrogen and oxygen atoms in total. The van der Waals surface area contributed by atoms with Crippen molar-refractivity contribution in [1.29, 1.82) is 5.41 Å². The summed E-state index contributed by atoms with van der Waals surface area (Å²) in [6.45, 7) is 7.79.